The van der Waals surface area contributed by atoms with Crippen molar-refractivity contribution in [3.63, 3.8) is 0 Å². The third-order valence-corrected chi connectivity index (χ3v) is 6.86. The molecule has 5 rings (SSSR count). The molecule has 2 fully saturated rings. The highest BCUT2D eigenvalue weighted by molar-refractivity contribution is 5.81. The number of urea groups is 1. The molecule has 3 aliphatic rings. The monoisotopic (exact) mass is 438 g/mol. The lowest BCUT2D eigenvalue weighted by Crippen LogP contribution is -2.56. The quantitative estimate of drug-likeness (QED) is 0.760. The van der Waals surface area contributed by atoms with Gasteiger partial charge in [0.2, 0.25) is 0 Å². The van der Waals surface area contributed by atoms with Gasteiger partial charge in [-0.3, -0.25) is 9.78 Å². The van der Waals surface area contributed by atoms with Crippen molar-refractivity contribution in [3.8, 4) is 0 Å². The molecule has 2 aromatic rings. The number of amides is 3. The first-order valence-corrected chi connectivity index (χ1v) is 11.6. The van der Waals surface area contributed by atoms with Crippen LogP contribution in [0.2, 0.25) is 0 Å². The number of nitrogens with one attached hydrogen (secondary N) is 2. The van der Waals surface area contributed by atoms with Crippen molar-refractivity contribution in [2.24, 2.45) is 0 Å². The van der Waals surface area contributed by atoms with Crippen LogP contribution < -0.4 is 10.6 Å². The molecule has 0 bridgehead atoms. The summed E-state index contributed by atoms with van der Waals surface area (Å²) in [5.41, 5.74) is 0.148. The van der Waals surface area contributed by atoms with Gasteiger partial charge < -0.3 is 24.8 Å². The minimum Gasteiger partial charge on any atom is -0.352 e. The summed E-state index contributed by atoms with van der Waals surface area (Å²) < 4.78 is 8.45. The fourth-order valence-corrected chi connectivity index (χ4v) is 5.08. The van der Waals surface area contributed by atoms with E-state index in [4.69, 9.17) is 4.74 Å². The molecule has 4 heterocycles. The SMILES string of the molecule is O=C(NCc1ccccn1)C1Cn2ccnc2C2(CCN(C(=O)NC3CCCC3)CC2)O1. The van der Waals surface area contributed by atoms with E-state index in [1.165, 1.54) is 12.8 Å². The molecule has 32 heavy (non-hydrogen) atoms. The molecule has 1 spiro atoms. The van der Waals surface area contributed by atoms with Crippen molar-refractivity contribution in [2.45, 2.75) is 69.4 Å². The molecule has 1 atom stereocenters. The second-order valence-corrected chi connectivity index (χ2v) is 8.96. The Morgan fingerprint density at radius 1 is 1.12 bits per heavy atom. The Morgan fingerprint density at radius 2 is 1.94 bits per heavy atom. The highest BCUT2D eigenvalue weighted by Gasteiger charge is 2.47. The number of rotatable bonds is 4. The van der Waals surface area contributed by atoms with Crippen LogP contribution in [0.1, 0.15) is 50.0 Å². The molecule has 0 aromatic carbocycles. The van der Waals surface area contributed by atoms with Gasteiger partial charge in [-0.2, -0.15) is 0 Å². The maximum absolute atomic E-state index is 12.9. The lowest BCUT2D eigenvalue weighted by Gasteiger charge is -2.45. The van der Waals surface area contributed by atoms with E-state index in [0.29, 0.717) is 45.1 Å². The molecular weight excluding hydrogens is 408 g/mol. The standard InChI is InChI=1S/C23H30N6O3/c30-20(26-15-18-7-3-4-10-24-18)19-16-29-14-11-25-21(29)23(32-19)8-12-28(13-9-23)22(31)27-17-5-1-2-6-17/h3-4,7,10-11,14,17,19H,1-2,5-6,8-9,12-13,15-16H2,(H,26,30)(H,27,31). The number of carbonyl (C=O) groups excluding carboxylic acids is 2. The van der Waals surface area contributed by atoms with Crippen LogP contribution in [0.4, 0.5) is 4.79 Å². The van der Waals surface area contributed by atoms with Crippen molar-refractivity contribution in [1.29, 1.82) is 0 Å². The Labute approximate surface area is 187 Å². The molecule has 1 saturated carbocycles. The van der Waals surface area contributed by atoms with E-state index < -0.39 is 11.7 Å². The van der Waals surface area contributed by atoms with Gasteiger partial charge >= 0.3 is 6.03 Å². The summed E-state index contributed by atoms with van der Waals surface area (Å²) in [6.45, 7) is 1.94. The van der Waals surface area contributed by atoms with Crippen molar-refractivity contribution in [1.82, 2.24) is 30.1 Å². The number of fused-ring (bicyclic) bond motifs is 2. The number of piperidine rings is 1. The van der Waals surface area contributed by atoms with Crippen molar-refractivity contribution in [3.05, 3.63) is 48.3 Å². The van der Waals surface area contributed by atoms with Crippen LogP contribution >= 0.6 is 0 Å². The number of carbonyl (C=O) groups is 2. The van der Waals surface area contributed by atoms with E-state index >= 15 is 0 Å². The molecule has 1 aliphatic carbocycles. The highest BCUT2D eigenvalue weighted by atomic mass is 16.5. The number of likely N-dealkylation sites (tertiary alicyclic amines) is 1. The summed E-state index contributed by atoms with van der Waals surface area (Å²) in [4.78, 5) is 36.3. The Kier molecular flexibility index (Phi) is 5.82. The first kappa shape index (κ1) is 20.9. The molecule has 170 valence electrons. The topological polar surface area (TPSA) is 101 Å². The Bertz CT molecular complexity index is 948. The first-order valence-electron chi connectivity index (χ1n) is 11.6. The van der Waals surface area contributed by atoms with E-state index in [0.717, 1.165) is 24.4 Å². The molecule has 2 aliphatic heterocycles. The van der Waals surface area contributed by atoms with Gasteiger partial charge in [0.05, 0.1) is 18.8 Å². The van der Waals surface area contributed by atoms with Gasteiger partial charge in [-0.15, -0.1) is 0 Å². The molecule has 1 saturated heterocycles. The largest absolute Gasteiger partial charge is 0.352 e. The summed E-state index contributed by atoms with van der Waals surface area (Å²) in [5.74, 6) is 0.693. The van der Waals surface area contributed by atoms with Gasteiger partial charge in [0, 0.05) is 50.6 Å². The van der Waals surface area contributed by atoms with Crippen LogP contribution in [-0.2, 0) is 28.2 Å². The highest BCUT2D eigenvalue weighted by Crippen LogP contribution is 2.40. The molecule has 0 radical (unpaired) electrons. The number of nitrogens with zero attached hydrogens (tertiary/aromatic N) is 4. The molecular formula is C23H30N6O3. The minimum atomic E-state index is -0.654. The number of pyridine rings is 1. The van der Waals surface area contributed by atoms with Crippen LogP contribution in [0.3, 0.4) is 0 Å². The zero-order valence-corrected chi connectivity index (χ0v) is 18.2. The average molecular weight is 439 g/mol. The fourth-order valence-electron chi connectivity index (χ4n) is 5.08. The Balaban J connectivity index is 1.23. The zero-order chi connectivity index (χ0) is 22.0. The summed E-state index contributed by atoms with van der Waals surface area (Å²) in [5, 5.41) is 6.12. The van der Waals surface area contributed by atoms with E-state index in [-0.39, 0.29) is 11.9 Å². The van der Waals surface area contributed by atoms with Gasteiger partial charge in [-0.1, -0.05) is 18.9 Å². The Morgan fingerprint density at radius 3 is 2.69 bits per heavy atom. The number of aromatic nitrogens is 3. The van der Waals surface area contributed by atoms with E-state index in [9.17, 15) is 9.59 Å². The number of ether oxygens (including phenoxy) is 1. The second kappa shape index (κ2) is 8.90. The average Bonchev–Trinajstić information content (AvgIpc) is 3.51. The third-order valence-electron chi connectivity index (χ3n) is 6.86. The summed E-state index contributed by atoms with van der Waals surface area (Å²) in [7, 11) is 0. The third kappa shape index (κ3) is 4.21. The lowest BCUT2D eigenvalue weighted by atomic mass is 9.88. The van der Waals surface area contributed by atoms with E-state index in [1.807, 2.05) is 33.9 Å². The maximum Gasteiger partial charge on any atom is 0.317 e. The molecule has 2 N–H and O–H groups in total. The molecule has 3 amide bonds. The van der Waals surface area contributed by atoms with Crippen LogP contribution in [0.15, 0.2) is 36.8 Å². The van der Waals surface area contributed by atoms with Gasteiger partial charge in [-0.25, -0.2) is 9.78 Å². The smallest absolute Gasteiger partial charge is 0.317 e. The zero-order valence-electron chi connectivity index (χ0n) is 18.2. The maximum atomic E-state index is 12.9. The molecule has 1 unspecified atom stereocenters. The van der Waals surface area contributed by atoms with E-state index in [2.05, 4.69) is 20.6 Å². The summed E-state index contributed by atoms with van der Waals surface area (Å²) in [6, 6.07) is 5.94. The van der Waals surface area contributed by atoms with Gasteiger partial charge in [0.15, 0.2) is 6.10 Å². The van der Waals surface area contributed by atoms with E-state index in [1.54, 1.807) is 12.4 Å². The Hall–Kier alpha value is -2.94. The molecule has 2 aromatic heterocycles. The van der Waals surface area contributed by atoms with Crippen molar-refractivity contribution >= 4 is 11.9 Å². The minimum absolute atomic E-state index is 0.00977. The normalized spacial score (nSPS) is 22.5. The van der Waals surface area contributed by atoms with Crippen molar-refractivity contribution < 1.29 is 14.3 Å². The second-order valence-electron chi connectivity index (χ2n) is 8.96. The predicted molar refractivity (Wildman–Crippen MR) is 116 cm³/mol. The van der Waals surface area contributed by atoms with Gasteiger partial charge in [-0.05, 0) is 25.0 Å². The van der Waals surface area contributed by atoms with Crippen LogP contribution in [0.5, 0.6) is 0 Å². The number of hydrogen-bond acceptors (Lipinski definition) is 5. The fraction of sp³-hybridized carbons (Fsp3) is 0.565. The summed E-state index contributed by atoms with van der Waals surface area (Å²) in [6.07, 6.45) is 10.5. The van der Waals surface area contributed by atoms with Gasteiger partial charge in [0.25, 0.3) is 5.91 Å². The summed E-state index contributed by atoms with van der Waals surface area (Å²) >= 11 is 0. The first-order chi connectivity index (χ1) is 15.6. The lowest BCUT2D eigenvalue weighted by molar-refractivity contribution is -0.172. The van der Waals surface area contributed by atoms with Gasteiger partial charge in [0.1, 0.15) is 11.4 Å². The van der Waals surface area contributed by atoms with Crippen LogP contribution in [0.25, 0.3) is 0 Å². The van der Waals surface area contributed by atoms with Crippen LogP contribution in [0, 0.1) is 0 Å². The molecule has 9 heteroatoms. The molecule has 9 nitrogen and oxygen atoms in total. The van der Waals surface area contributed by atoms with Crippen molar-refractivity contribution in [2.75, 3.05) is 13.1 Å². The predicted octanol–water partition coefficient (Wildman–Crippen LogP) is 1.94. The number of imidazole rings is 1. The van der Waals surface area contributed by atoms with Crippen LogP contribution in [-0.4, -0.2) is 56.6 Å². The number of hydrogen-bond donors (Lipinski definition) is 2.